The van der Waals surface area contributed by atoms with Crippen LogP contribution in [-0.2, 0) is 12.5 Å². The van der Waals surface area contributed by atoms with E-state index in [0.29, 0.717) is 23.4 Å². The summed E-state index contributed by atoms with van der Waals surface area (Å²) in [6, 6.07) is 15.4. The van der Waals surface area contributed by atoms with Gasteiger partial charge in [-0.1, -0.05) is 12.1 Å². The maximum atomic E-state index is 14.8. The van der Waals surface area contributed by atoms with Gasteiger partial charge in [0, 0.05) is 80.9 Å². The largest absolute Gasteiger partial charge is 0.497 e. The zero-order chi connectivity index (χ0) is 35.3. The number of methoxy groups -OCH3 is 2. The fraction of sp³-hybridized carbons (Fsp3) is 0.314. The Labute approximate surface area is 283 Å². The van der Waals surface area contributed by atoms with Crippen LogP contribution in [0.3, 0.4) is 0 Å². The number of aromatic nitrogens is 2. The molecule has 1 fully saturated rings. The number of amides is 2. The van der Waals surface area contributed by atoms with Crippen LogP contribution in [0.25, 0.3) is 0 Å². The van der Waals surface area contributed by atoms with Gasteiger partial charge in [0.2, 0.25) is 5.95 Å². The highest BCUT2D eigenvalue weighted by atomic mass is 19.3. The lowest BCUT2D eigenvalue weighted by atomic mass is 9.98. The van der Waals surface area contributed by atoms with Gasteiger partial charge >= 0.3 is 6.09 Å². The summed E-state index contributed by atoms with van der Waals surface area (Å²) < 4.78 is 46.3. The zero-order valence-corrected chi connectivity index (χ0v) is 28.0. The number of halogens is 2. The summed E-state index contributed by atoms with van der Waals surface area (Å²) in [5, 5.41) is 2.74. The maximum Gasteiger partial charge on any atom is 0.425 e. The normalized spacial score (nSPS) is 13.9. The highest BCUT2D eigenvalue weighted by Gasteiger charge is 2.30. The lowest BCUT2D eigenvalue weighted by molar-refractivity contribution is 0.0155. The number of anilines is 4. The van der Waals surface area contributed by atoms with Gasteiger partial charge in [-0.3, -0.25) is 9.69 Å². The highest BCUT2D eigenvalue weighted by molar-refractivity contribution is 6.04. The number of hydrogen-bond donors (Lipinski definition) is 2. The van der Waals surface area contributed by atoms with E-state index in [1.165, 1.54) is 38.6 Å². The number of alkyl halides is 2. The van der Waals surface area contributed by atoms with Crippen molar-refractivity contribution >= 4 is 35.1 Å². The van der Waals surface area contributed by atoms with E-state index in [4.69, 9.17) is 19.9 Å². The molecule has 0 aliphatic carbocycles. The van der Waals surface area contributed by atoms with Crippen LogP contribution in [0.4, 0.5) is 36.7 Å². The number of aryl methyl sites for hydroxylation is 1. The molecule has 0 atom stereocenters. The third-order valence-electron chi connectivity index (χ3n) is 8.18. The van der Waals surface area contributed by atoms with Crippen molar-refractivity contribution in [3.8, 4) is 17.2 Å². The van der Waals surface area contributed by atoms with E-state index in [2.05, 4.69) is 25.1 Å². The summed E-state index contributed by atoms with van der Waals surface area (Å²) in [5.74, 6) is -2.80. The average Bonchev–Trinajstić information content (AvgIpc) is 3.07. The number of nitrogens with zero attached hydrogens (tertiary/aromatic N) is 5. The molecule has 2 heterocycles. The molecule has 0 unspecified atom stereocenters. The smallest absolute Gasteiger partial charge is 0.425 e. The minimum atomic E-state index is -3.16. The van der Waals surface area contributed by atoms with Crippen molar-refractivity contribution in [3.05, 3.63) is 89.1 Å². The average molecular weight is 676 g/mol. The topological polar surface area (TPSA) is 135 Å². The van der Waals surface area contributed by atoms with Gasteiger partial charge in [0.15, 0.2) is 0 Å². The third kappa shape index (κ3) is 8.39. The first kappa shape index (κ1) is 35.0. The van der Waals surface area contributed by atoms with Crippen LogP contribution in [0.15, 0.2) is 66.9 Å². The second kappa shape index (κ2) is 14.8. The summed E-state index contributed by atoms with van der Waals surface area (Å²) in [5.41, 5.74) is 7.32. The van der Waals surface area contributed by atoms with Crippen molar-refractivity contribution in [2.24, 2.45) is 0 Å². The molecule has 0 saturated carbocycles. The van der Waals surface area contributed by atoms with Gasteiger partial charge in [0.1, 0.15) is 23.1 Å². The van der Waals surface area contributed by atoms with Crippen LogP contribution in [0.2, 0.25) is 0 Å². The van der Waals surface area contributed by atoms with Crippen molar-refractivity contribution < 1.29 is 32.6 Å². The molecule has 5 rings (SSSR count). The van der Waals surface area contributed by atoms with Gasteiger partial charge in [-0.15, -0.1) is 0 Å². The summed E-state index contributed by atoms with van der Waals surface area (Å²) in [6.45, 7) is 6.17. The standard InChI is InChI=1S/C35H39F2N7O5/c1-22-6-9-25(40-32(45)23-7-8-24(27(18-23)35(2,36)37)21-43-16-14-42(3)15-17-43)19-29(22)49-34(46)44(31-12-13-39-33(38)41-31)28-11-10-26(47-4)20-30(28)48-5/h6-13,18-20H,14-17,21H2,1-5H3,(H,40,45)(H2,38,39,41). The molecule has 12 nitrogen and oxygen atoms in total. The second-order valence-corrected chi connectivity index (χ2v) is 11.8. The van der Waals surface area contributed by atoms with Gasteiger partial charge in [-0.05, 0) is 55.4 Å². The van der Waals surface area contributed by atoms with Crippen LogP contribution in [0, 0.1) is 6.92 Å². The summed E-state index contributed by atoms with van der Waals surface area (Å²) in [7, 11) is 4.98. The van der Waals surface area contributed by atoms with Gasteiger partial charge in [-0.2, -0.15) is 4.98 Å². The van der Waals surface area contributed by atoms with E-state index >= 15 is 0 Å². The Morgan fingerprint density at radius 1 is 0.980 bits per heavy atom. The molecule has 3 aromatic carbocycles. The lowest BCUT2D eigenvalue weighted by Gasteiger charge is -2.33. The molecule has 1 saturated heterocycles. The van der Waals surface area contributed by atoms with E-state index < -0.39 is 17.9 Å². The first-order valence-corrected chi connectivity index (χ1v) is 15.5. The van der Waals surface area contributed by atoms with Gasteiger partial charge < -0.3 is 30.2 Å². The molecule has 1 aliphatic rings. The maximum absolute atomic E-state index is 14.8. The molecule has 1 aromatic heterocycles. The SMILES string of the molecule is COc1ccc(N(C(=O)Oc2cc(NC(=O)c3ccc(CN4CCN(C)CC4)c(C(C)(F)F)c3)ccc2C)c2ccnc(N)n2)c(OC)c1. The van der Waals surface area contributed by atoms with Crippen molar-refractivity contribution in [1.29, 1.82) is 0 Å². The fourth-order valence-electron chi connectivity index (χ4n) is 5.42. The Morgan fingerprint density at radius 2 is 1.73 bits per heavy atom. The van der Waals surface area contributed by atoms with E-state index in [-0.39, 0.29) is 45.8 Å². The minimum Gasteiger partial charge on any atom is -0.497 e. The van der Waals surface area contributed by atoms with Crippen LogP contribution < -0.4 is 30.2 Å². The van der Waals surface area contributed by atoms with Crippen LogP contribution >= 0.6 is 0 Å². The van der Waals surface area contributed by atoms with Crippen LogP contribution in [0.5, 0.6) is 17.2 Å². The molecule has 0 bridgehead atoms. The van der Waals surface area contributed by atoms with Crippen LogP contribution in [-0.4, -0.2) is 79.2 Å². The molecule has 49 heavy (non-hydrogen) atoms. The molecule has 14 heteroatoms. The Morgan fingerprint density at radius 3 is 2.41 bits per heavy atom. The molecular formula is C35H39F2N7O5. The summed E-state index contributed by atoms with van der Waals surface area (Å²) in [4.78, 5) is 40.8. The molecule has 4 aromatic rings. The lowest BCUT2D eigenvalue weighted by Crippen LogP contribution is -2.44. The quantitative estimate of drug-likeness (QED) is 0.211. The summed E-state index contributed by atoms with van der Waals surface area (Å²) >= 11 is 0. The Kier molecular flexibility index (Phi) is 10.6. The number of carbonyl (C=O) groups is 2. The Balaban J connectivity index is 1.39. The molecule has 1 aliphatic heterocycles. The molecule has 2 amide bonds. The predicted octanol–water partition coefficient (Wildman–Crippen LogP) is 5.83. The number of nitrogen functional groups attached to an aromatic ring is 1. The van der Waals surface area contributed by atoms with E-state index in [0.717, 1.165) is 38.0 Å². The van der Waals surface area contributed by atoms with Gasteiger partial charge in [0.05, 0.1) is 19.9 Å². The van der Waals surface area contributed by atoms with E-state index in [9.17, 15) is 18.4 Å². The van der Waals surface area contributed by atoms with Crippen molar-refractivity contribution in [1.82, 2.24) is 19.8 Å². The number of benzene rings is 3. The van der Waals surface area contributed by atoms with Crippen molar-refractivity contribution in [2.75, 3.05) is 63.4 Å². The van der Waals surface area contributed by atoms with E-state index in [1.807, 2.05) is 7.05 Å². The highest BCUT2D eigenvalue weighted by Crippen LogP contribution is 2.37. The zero-order valence-electron chi connectivity index (χ0n) is 28.0. The second-order valence-electron chi connectivity index (χ2n) is 11.8. The number of piperazine rings is 1. The fourth-order valence-corrected chi connectivity index (χ4v) is 5.42. The third-order valence-corrected chi connectivity index (χ3v) is 8.18. The Bertz CT molecular complexity index is 1830. The Hall–Kier alpha value is -5.34. The van der Waals surface area contributed by atoms with Crippen LogP contribution in [0.1, 0.15) is 34.0 Å². The monoisotopic (exact) mass is 675 g/mol. The van der Waals surface area contributed by atoms with Crippen molar-refractivity contribution in [3.63, 3.8) is 0 Å². The van der Waals surface area contributed by atoms with E-state index in [1.54, 1.807) is 49.4 Å². The minimum absolute atomic E-state index is 0.0666. The summed E-state index contributed by atoms with van der Waals surface area (Å²) in [6.07, 6.45) is 0.535. The molecule has 0 spiro atoms. The molecule has 3 N–H and O–H groups in total. The molecule has 0 radical (unpaired) electrons. The number of rotatable bonds is 10. The number of carbonyl (C=O) groups excluding carboxylic acids is 2. The molecule has 258 valence electrons. The first-order valence-electron chi connectivity index (χ1n) is 15.5. The number of nitrogens with two attached hydrogens (primary N) is 1. The number of ether oxygens (including phenoxy) is 3. The van der Waals surface area contributed by atoms with Crippen molar-refractivity contribution in [2.45, 2.75) is 26.3 Å². The first-order chi connectivity index (χ1) is 23.4. The van der Waals surface area contributed by atoms with Gasteiger partial charge in [-0.25, -0.2) is 23.5 Å². The predicted molar refractivity (Wildman–Crippen MR) is 182 cm³/mol. The number of nitrogens with one attached hydrogen (secondary N) is 1. The molecular weight excluding hydrogens is 636 g/mol. The van der Waals surface area contributed by atoms with Gasteiger partial charge in [0.25, 0.3) is 11.8 Å². The number of hydrogen-bond acceptors (Lipinski definition) is 10. The number of likely N-dealkylation sites (N-methyl/N-ethyl adjacent to an activating group) is 1.